The fourth-order valence-electron chi connectivity index (χ4n) is 0.783. The Bertz CT molecular complexity index is 241. The first-order valence-electron chi connectivity index (χ1n) is 3.46. The van der Waals surface area contributed by atoms with Gasteiger partial charge < -0.3 is 0 Å². The maximum absolute atomic E-state index is 3.94. The minimum absolute atomic E-state index is 0.926. The first-order valence-corrected chi connectivity index (χ1v) is 4.58. The van der Waals surface area contributed by atoms with Gasteiger partial charge in [-0.15, -0.1) is 0 Å². The van der Waals surface area contributed by atoms with Gasteiger partial charge in [-0.2, -0.15) is 0 Å². The van der Waals surface area contributed by atoms with Crippen LogP contribution in [0.1, 0.15) is 12.5 Å². The van der Waals surface area contributed by atoms with E-state index in [1.807, 2.05) is 12.1 Å². The van der Waals surface area contributed by atoms with Gasteiger partial charge in [-0.1, -0.05) is 27.6 Å². The molecule has 1 nitrogen and oxygen atoms in total. The second-order valence-corrected chi connectivity index (χ2v) is 2.97. The summed E-state index contributed by atoms with van der Waals surface area (Å²) in [6, 6.07) is 3.98. The van der Waals surface area contributed by atoms with Crippen molar-refractivity contribution in [2.24, 2.45) is 0 Å². The molecule has 0 aromatic carbocycles. The summed E-state index contributed by atoms with van der Waals surface area (Å²) in [5.74, 6) is 0. The van der Waals surface area contributed by atoms with Crippen LogP contribution in [-0.4, -0.2) is 10.3 Å². The summed E-state index contributed by atoms with van der Waals surface area (Å²) in [4.78, 5) is 3.94. The van der Waals surface area contributed by atoms with Gasteiger partial charge in [0, 0.05) is 17.7 Å². The van der Waals surface area contributed by atoms with Crippen molar-refractivity contribution in [3.8, 4) is 0 Å². The molecule has 1 rings (SSSR count). The SMILES string of the molecule is CC(=Cc1ccncc1)CBr. The van der Waals surface area contributed by atoms with Gasteiger partial charge >= 0.3 is 0 Å². The number of allylic oxidation sites excluding steroid dienone is 1. The largest absolute Gasteiger partial charge is 0.265 e. The smallest absolute Gasteiger partial charge is 0.0273 e. The van der Waals surface area contributed by atoms with Crippen LogP contribution in [0.15, 0.2) is 30.1 Å². The van der Waals surface area contributed by atoms with Crippen molar-refractivity contribution >= 4 is 22.0 Å². The molecule has 11 heavy (non-hydrogen) atoms. The average Bonchev–Trinajstić information content (AvgIpc) is 2.06. The predicted molar refractivity (Wildman–Crippen MR) is 51.7 cm³/mol. The molecule has 1 heterocycles. The molecule has 0 saturated heterocycles. The monoisotopic (exact) mass is 211 g/mol. The van der Waals surface area contributed by atoms with Gasteiger partial charge in [0.1, 0.15) is 0 Å². The summed E-state index contributed by atoms with van der Waals surface area (Å²) < 4.78 is 0. The molecule has 0 saturated carbocycles. The Morgan fingerprint density at radius 3 is 2.73 bits per heavy atom. The Labute approximate surface area is 75.3 Å². The summed E-state index contributed by atoms with van der Waals surface area (Å²) in [6.45, 7) is 2.09. The van der Waals surface area contributed by atoms with E-state index in [-0.39, 0.29) is 0 Å². The van der Waals surface area contributed by atoms with Gasteiger partial charge in [-0.25, -0.2) is 0 Å². The van der Waals surface area contributed by atoms with Crippen LogP contribution >= 0.6 is 15.9 Å². The molecule has 1 aromatic heterocycles. The lowest BCUT2D eigenvalue weighted by Gasteiger charge is -1.93. The van der Waals surface area contributed by atoms with Crippen molar-refractivity contribution < 1.29 is 0 Å². The van der Waals surface area contributed by atoms with Crippen LogP contribution in [0.25, 0.3) is 6.08 Å². The number of halogens is 1. The third-order valence-corrected chi connectivity index (χ3v) is 2.21. The van der Waals surface area contributed by atoms with E-state index in [4.69, 9.17) is 0 Å². The third-order valence-electron chi connectivity index (χ3n) is 1.33. The summed E-state index contributed by atoms with van der Waals surface area (Å²) >= 11 is 3.39. The predicted octanol–water partition coefficient (Wildman–Crippen LogP) is 2.88. The number of hydrogen-bond donors (Lipinski definition) is 0. The zero-order chi connectivity index (χ0) is 8.10. The van der Waals surface area contributed by atoms with Crippen LogP contribution in [0.2, 0.25) is 0 Å². The Kier molecular flexibility index (Phi) is 3.30. The maximum atomic E-state index is 3.94. The van der Waals surface area contributed by atoms with E-state index in [1.54, 1.807) is 12.4 Å². The topological polar surface area (TPSA) is 12.9 Å². The zero-order valence-electron chi connectivity index (χ0n) is 6.42. The molecule has 0 spiro atoms. The van der Waals surface area contributed by atoms with Crippen LogP contribution in [-0.2, 0) is 0 Å². The number of hydrogen-bond acceptors (Lipinski definition) is 1. The van der Waals surface area contributed by atoms with Crippen molar-refractivity contribution in [1.29, 1.82) is 0 Å². The standard InChI is InChI=1S/C9H10BrN/c1-8(7-10)6-9-2-4-11-5-3-9/h2-6H,7H2,1H3. The average molecular weight is 212 g/mol. The zero-order valence-corrected chi connectivity index (χ0v) is 8.01. The van der Waals surface area contributed by atoms with Gasteiger partial charge in [-0.05, 0) is 24.6 Å². The highest BCUT2D eigenvalue weighted by atomic mass is 79.9. The molecular weight excluding hydrogens is 202 g/mol. The lowest BCUT2D eigenvalue weighted by molar-refractivity contribution is 1.32. The Morgan fingerprint density at radius 2 is 2.18 bits per heavy atom. The molecule has 0 fully saturated rings. The van der Waals surface area contributed by atoms with Gasteiger partial charge in [-0.3, -0.25) is 4.98 Å². The molecule has 0 bridgehead atoms. The quantitative estimate of drug-likeness (QED) is 0.687. The van der Waals surface area contributed by atoms with Gasteiger partial charge in [0.05, 0.1) is 0 Å². The van der Waals surface area contributed by atoms with Crippen LogP contribution in [0.5, 0.6) is 0 Å². The number of rotatable bonds is 2. The Balaban J connectivity index is 2.79. The molecule has 0 radical (unpaired) electrons. The van der Waals surface area contributed by atoms with Crippen LogP contribution in [0, 0.1) is 0 Å². The fourth-order valence-corrected chi connectivity index (χ4v) is 0.945. The van der Waals surface area contributed by atoms with E-state index in [1.165, 1.54) is 11.1 Å². The normalized spacial score (nSPS) is 11.6. The van der Waals surface area contributed by atoms with Crippen LogP contribution < -0.4 is 0 Å². The third kappa shape index (κ3) is 2.85. The summed E-state index contributed by atoms with van der Waals surface area (Å²) in [5, 5.41) is 0.926. The van der Waals surface area contributed by atoms with Crippen molar-refractivity contribution in [1.82, 2.24) is 4.98 Å². The maximum Gasteiger partial charge on any atom is 0.0273 e. The highest BCUT2D eigenvalue weighted by Crippen LogP contribution is 2.06. The van der Waals surface area contributed by atoms with Gasteiger partial charge in [0.25, 0.3) is 0 Å². The van der Waals surface area contributed by atoms with Crippen molar-refractivity contribution in [2.75, 3.05) is 5.33 Å². The first kappa shape index (κ1) is 8.47. The minimum atomic E-state index is 0.926. The van der Waals surface area contributed by atoms with Crippen molar-refractivity contribution in [3.05, 3.63) is 35.7 Å². The number of nitrogens with zero attached hydrogens (tertiary/aromatic N) is 1. The van der Waals surface area contributed by atoms with E-state index in [2.05, 4.69) is 33.9 Å². The van der Waals surface area contributed by atoms with Crippen LogP contribution in [0.4, 0.5) is 0 Å². The molecule has 58 valence electrons. The highest BCUT2D eigenvalue weighted by molar-refractivity contribution is 9.09. The highest BCUT2D eigenvalue weighted by Gasteiger charge is 1.86. The van der Waals surface area contributed by atoms with Crippen molar-refractivity contribution in [3.63, 3.8) is 0 Å². The van der Waals surface area contributed by atoms with Gasteiger partial charge in [0.15, 0.2) is 0 Å². The summed E-state index contributed by atoms with van der Waals surface area (Å²) in [5.41, 5.74) is 2.52. The van der Waals surface area contributed by atoms with Gasteiger partial charge in [0.2, 0.25) is 0 Å². The molecule has 0 N–H and O–H groups in total. The lowest BCUT2D eigenvalue weighted by atomic mass is 10.2. The Hall–Kier alpha value is -0.630. The minimum Gasteiger partial charge on any atom is -0.265 e. The van der Waals surface area contributed by atoms with Crippen molar-refractivity contribution in [2.45, 2.75) is 6.92 Å². The Morgan fingerprint density at radius 1 is 1.55 bits per heavy atom. The number of pyridine rings is 1. The second kappa shape index (κ2) is 4.29. The number of aromatic nitrogens is 1. The first-order chi connectivity index (χ1) is 5.33. The molecule has 2 heteroatoms. The lowest BCUT2D eigenvalue weighted by Crippen LogP contribution is -1.77. The fraction of sp³-hybridized carbons (Fsp3) is 0.222. The molecule has 0 aliphatic carbocycles. The summed E-state index contributed by atoms with van der Waals surface area (Å²) in [7, 11) is 0. The molecular formula is C9H10BrN. The molecule has 0 aliphatic rings. The molecule has 0 aliphatic heterocycles. The van der Waals surface area contributed by atoms with E-state index >= 15 is 0 Å². The molecule has 0 atom stereocenters. The number of alkyl halides is 1. The van der Waals surface area contributed by atoms with E-state index in [0.29, 0.717) is 0 Å². The van der Waals surface area contributed by atoms with E-state index in [9.17, 15) is 0 Å². The van der Waals surface area contributed by atoms with Crippen LogP contribution in [0.3, 0.4) is 0 Å². The molecule has 0 unspecified atom stereocenters. The van der Waals surface area contributed by atoms with E-state index < -0.39 is 0 Å². The van der Waals surface area contributed by atoms with E-state index in [0.717, 1.165) is 5.33 Å². The second-order valence-electron chi connectivity index (χ2n) is 2.40. The molecule has 1 aromatic rings. The summed E-state index contributed by atoms with van der Waals surface area (Å²) in [6.07, 6.45) is 5.73. The molecule has 0 amide bonds.